The summed E-state index contributed by atoms with van der Waals surface area (Å²) in [7, 11) is 0. The Morgan fingerprint density at radius 2 is 2.11 bits per heavy atom. The molecule has 1 unspecified atom stereocenters. The summed E-state index contributed by atoms with van der Waals surface area (Å²) in [5.41, 5.74) is 3.60. The molecular formula is C16H22BrNO. The fourth-order valence-electron chi connectivity index (χ4n) is 2.52. The van der Waals surface area contributed by atoms with Crippen molar-refractivity contribution in [2.45, 2.75) is 56.7 Å². The minimum Gasteiger partial charge on any atom is -0.326 e. The van der Waals surface area contributed by atoms with Crippen molar-refractivity contribution in [1.29, 1.82) is 0 Å². The van der Waals surface area contributed by atoms with Crippen molar-refractivity contribution in [2.75, 3.05) is 5.32 Å². The topological polar surface area (TPSA) is 29.1 Å². The van der Waals surface area contributed by atoms with Crippen LogP contribution in [0.5, 0.6) is 0 Å². The number of aryl methyl sites for hydroxylation is 1. The van der Waals surface area contributed by atoms with Gasteiger partial charge in [-0.25, -0.2) is 0 Å². The minimum atomic E-state index is 0.134. The number of rotatable bonds is 6. The molecule has 104 valence electrons. The van der Waals surface area contributed by atoms with Crippen molar-refractivity contribution in [2.24, 2.45) is 0 Å². The lowest BCUT2D eigenvalue weighted by Crippen LogP contribution is -2.19. The number of hydrogen-bond acceptors (Lipinski definition) is 1. The average molecular weight is 324 g/mol. The van der Waals surface area contributed by atoms with E-state index in [0.717, 1.165) is 12.1 Å². The van der Waals surface area contributed by atoms with Gasteiger partial charge in [0, 0.05) is 16.9 Å². The van der Waals surface area contributed by atoms with E-state index in [1.807, 2.05) is 6.07 Å². The summed E-state index contributed by atoms with van der Waals surface area (Å²) in [6, 6.07) is 6.42. The predicted molar refractivity (Wildman–Crippen MR) is 83.8 cm³/mol. The van der Waals surface area contributed by atoms with E-state index in [2.05, 4.69) is 40.3 Å². The maximum atomic E-state index is 11.3. The molecule has 0 fully saturated rings. The first-order valence-corrected chi connectivity index (χ1v) is 8.19. The second-order valence-corrected chi connectivity index (χ2v) is 6.39. The number of anilines is 1. The zero-order chi connectivity index (χ0) is 13.7. The van der Waals surface area contributed by atoms with Gasteiger partial charge in [0.25, 0.3) is 0 Å². The second kappa shape index (κ2) is 7.09. The van der Waals surface area contributed by atoms with Crippen LogP contribution < -0.4 is 5.32 Å². The predicted octanol–water partition coefficient (Wildman–Crippen LogP) is 4.98. The summed E-state index contributed by atoms with van der Waals surface area (Å²) in [4.78, 5) is 11.8. The van der Waals surface area contributed by atoms with Crippen molar-refractivity contribution >= 4 is 27.5 Å². The maximum absolute atomic E-state index is 11.3. The van der Waals surface area contributed by atoms with Gasteiger partial charge in [0.1, 0.15) is 0 Å². The third kappa shape index (κ3) is 4.07. The van der Waals surface area contributed by atoms with Gasteiger partial charge in [-0.1, -0.05) is 60.7 Å². The Balaban J connectivity index is 1.95. The van der Waals surface area contributed by atoms with Gasteiger partial charge < -0.3 is 5.32 Å². The molecule has 19 heavy (non-hydrogen) atoms. The Labute approximate surface area is 124 Å². The zero-order valence-corrected chi connectivity index (χ0v) is 13.1. The molecule has 0 radical (unpaired) electrons. The third-order valence-corrected chi connectivity index (χ3v) is 4.68. The van der Waals surface area contributed by atoms with Crippen molar-refractivity contribution in [3.05, 3.63) is 29.3 Å². The highest BCUT2D eigenvalue weighted by molar-refractivity contribution is 9.09. The number of hydrogen-bond donors (Lipinski definition) is 1. The SMILES string of the molecule is CCCCCCC(Br)c1ccc2c(c1)CCC(=O)N2. The Morgan fingerprint density at radius 1 is 1.26 bits per heavy atom. The van der Waals surface area contributed by atoms with E-state index in [1.165, 1.54) is 43.2 Å². The van der Waals surface area contributed by atoms with Crippen LogP contribution in [0, 0.1) is 0 Å². The van der Waals surface area contributed by atoms with Crippen molar-refractivity contribution in [3.8, 4) is 0 Å². The molecule has 3 heteroatoms. The maximum Gasteiger partial charge on any atom is 0.224 e. The molecule has 1 aliphatic rings. The van der Waals surface area contributed by atoms with Gasteiger partial charge in [0.15, 0.2) is 0 Å². The van der Waals surface area contributed by atoms with E-state index < -0.39 is 0 Å². The Kier molecular flexibility index (Phi) is 5.44. The zero-order valence-electron chi connectivity index (χ0n) is 11.5. The number of carbonyl (C=O) groups excluding carboxylic acids is 1. The molecule has 0 aliphatic carbocycles. The quantitative estimate of drug-likeness (QED) is 0.580. The molecule has 0 saturated heterocycles. The molecule has 1 amide bonds. The molecular weight excluding hydrogens is 302 g/mol. The van der Waals surface area contributed by atoms with Crippen LogP contribution in [0.3, 0.4) is 0 Å². The minimum absolute atomic E-state index is 0.134. The summed E-state index contributed by atoms with van der Waals surface area (Å²) < 4.78 is 0. The van der Waals surface area contributed by atoms with Gasteiger partial charge in [-0.15, -0.1) is 0 Å². The lowest BCUT2D eigenvalue weighted by atomic mass is 9.97. The Morgan fingerprint density at radius 3 is 2.89 bits per heavy atom. The first-order valence-electron chi connectivity index (χ1n) is 7.27. The van der Waals surface area contributed by atoms with Crippen molar-refractivity contribution in [1.82, 2.24) is 0 Å². The van der Waals surface area contributed by atoms with Gasteiger partial charge in [-0.3, -0.25) is 4.79 Å². The largest absolute Gasteiger partial charge is 0.326 e. The summed E-state index contributed by atoms with van der Waals surface area (Å²) in [5, 5.41) is 2.93. The van der Waals surface area contributed by atoms with Crippen molar-refractivity contribution in [3.63, 3.8) is 0 Å². The van der Waals surface area contributed by atoms with Gasteiger partial charge >= 0.3 is 0 Å². The van der Waals surface area contributed by atoms with Crippen LogP contribution in [-0.4, -0.2) is 5.91 Å². The highest BCUT2D eigenvalue weighted by Crippen LogP contribution is 2.32. The number of amides is 1. The normalized spacial score (nSPS) is 15.8. The molecule has 0 aromatic heterocycles. The first kappa shape index (κ1) is 14.6. The highest BCUT2D eigenvalue weighted by atomic mass is 79.9. The van der Waals surface area contributed by atoms with E-state index in [1.54, 1.807) is 0 Å². The number of unbranched alkanes of at least 4 members (excludes halogenated alkanes) is 3. The number of alkyl halides is 1. The van der Waals surface area contributed by atoms with Crippen LogP contribution in [0.1, 0.15) is 61.4 Å². The monoisotopic (exact) mass is 323 g/mol. The lowest BCUT2D eigenvalue weighted by molar-refractivity contribution is -0.116. The molecule has 1 aliphatic heterocycles. The number of carbonyl (C=O) groups is 1. The molecule has 2 rings (SSSR count). The van der Waals surface area contributed by atoms with E-state index in [9.17, 15) is 4.79 Å². The molecule has 0 bridgehead atoms. The van der Waals surface area contributed by atoms with Crippen LogP contribution in [0.2, 0.25) is 0 Å². The Hall–Kier alpha value is -0.830. The lowest BCUT2D eigenvalue weighted by Gasteiger charge is -2.19. The molecule has 1 N–H and O–H groups in total. The highest BCUT2D eigenvalue weighted by Gasteiger charge is 2.16. The van der Waals surface area contributed by atoms with Gasteiger partial charge in [0.2, 0.25) is 5.91 Å². The van der Waals surface area contributed by atoms with E-state index >= 15 is 0 Å². The van der Waals surface area contributed by atoms with Gasteiger partial charge in [-0.05, 0) is 30.0 Å². The summed E-state index contributed by atoms with van der Waals surface area (Å²) in [5.74, 6) is 0.134. The Bertz CT molecular complexity index is 444. The number of nitrogens with one attached hydrogen (secondary N) is 1. The smallest absolute Gasteiger partial charge is 0.224 e. The van der Waals surface area contributed by atoms with Crippen molar-refractivity contribution < 1.29 is 4.79 Å². The third-order valence-electron chi connectivity index (χ3n) is 3.70. The molecule has 0 saturated carbocycles. The first-order chi connectivity index (χ1) is 9.20. The second-order valence-electron chi connectivity index (χ2n) is 5.28. The summed E-state index contributed by atoms with van der Waals surface area (Å²) in [6.07, 6.45) is 7.87. The van der Waals surface area contributed by atoms with Crippen LogP contribution >= 0.6 is 15.9 Å². The van der Waals surface area contributed by atoms with E-state index in [4.69, 9.17) is 0 Å². The molecule has 1 heterocycles. The molecule has 0 spiro atoms. The molecule has 1 atom stereocenters. The fraction of sp³-hybridized carbons (Fsp3) is 0.562. The summed E-state index contributed by atoms with van der Waals surface area (Å²) in [6.45, 7) is 2.24. The van der Waals surface area contributed by atoms with E-state index in [-0.39, 0.29) is 5.91 Å². The number of fused-ring (bicyclic) bond motifs is 1. The molecule has 2 nitrogen and oxygen atoms in total. The fourth-order valence-corrected chi connectivity index (χ4v) is 3.12. The van der Waals surface area contributed by atoms with Crippen LogP contribution in [0.25, 0.3) is 0 Å². The number of halogens is 1. The van der Waals surface area contributed by atoms with Gasteiger partial charge in [0.05, 0.1) is 0 Å². The summed E-state index contributed by atoms with van der Waals surface area (Å²) >= 11 is 3.79. The van der Waals surface area contributed by atoms with Crippen LogP contribution in [0.4, 0.5) is 5.69 Å². The van der Waals surface area contributed by atoms with E-state index in [0.29, 0.717) is 11.2 Å². The molecule has 1 aromatic carbocycles. The average Bonchev–Trinajstić information content (AvgIpc) is 2.42. The van der Waals surface area contributed by atoms with Crippen LogP contribution in [-0.2, 0) is 11.2 Å². The number of benzene rings is 1. The van der Waals surface area contributed by atoms with Gasteiger partial charge in [-0.2, -0.15) is 0 Å². The standard InChI is InChI=1S/C16H22BrNO/c1-2-3-4-5-6-14(17)12-7-9-15-13(11-12)8-10-16(19)18-15/h7,9,11,14H,2-6,8,10H2,1H3,(H,18,19). The van der Waals surface area contributed by atoms with Crippen LogP contribution in [0.15, 0.2) is 18.2 Å². The molecule has 1 aromatic rings.